The molecule has 2 fully saturated rings. The molecule has 0 spiro atoms. The monoisotopic (exact) mass is 414 g/mol. The van der Waals surface area contributed by atoms with Crippen LogP contribution >= 0.6 is 11.3 Å². The summed E-state index contributed by atoms with van der Waals surface area (Å²) in [5, 5.41) is 1.25. The Balaban J connectivity index is 1.23. The molecule has 4 heterocycles. The van der Waals surface area contributed by atoms with Crippen molar-refractivity contribution in [1.82, 2.24) is 19.9 Å². The van der Waals surface area contributed by atoms with Gasteiger partial charge < -0.3 is 14.5 Å². The minimum absolute atomic E-state index is 0.571. The highest BCUT2D eigenvalue weighted by atomic mass is 32.1. The molecule has 0 atom stereocenters. The fraction of sp³-hybridized carbons (Fsp3) is 0.667. The van der Waals surface area contributed by atoms with Gasteiger partial charge in [0, 0.05) is 51.8 Å². The van der Waals surface area contributed by atoms with Crippen LogP contribution in [0.5, 0.6) is 0 Å². The molecule has 1 saturated carbocycles. The Bertz CT molecular complexity index is 820. The van der Waals surface area contributed by atoms with Crippen LogP contribution in [0.2, 0.25) is 0 Å². The van der Waals surface area contributed by atoms with Crippen molar-refractivity contribution in [2.75, 3.05) is 43.6 Å². The largest absolute Gasteiger partial charge is 0.375 e. The van der Waals surface area contributed by atoms with Crippen molar-refractivity contribution in [2.45, 2.75) is 57.3 Å². The molecule has 3 aliphatic rings. The molecule has 2 aromatic heterocycles. The van der Waals surface area contributed by atoms with Crippen molar-refractivity contribution < 1.29 is 4.74 Å². The van der Waals surface area contributed by atoms with E-state index in [-0.39, 0.29) is 0 Å². The maximum Gasteiger partial charge on any atom is 0.134 e. The fourth-order valence-electron chi connectivity index (χ4n) is 4.44. The molecule has 0 amide bonds. The average molecular weight is 415 g/mol. The molecule has 29 heavy (non-hydrogen) atoms. The molecule has 2 aromatic rings. The van der Waals surface area contributed by atoms with Crippen LogP contribution in [-0.2, 0) is 24.3 Å². The summed E-state index contributed by atoms with van der Waals surface area (Å²) in [6.07, 6.45) is 7.63. The zero-order chi connectivity index (χ0) is 19.8. The highest BCUT2D eigenvalue weighted by Gasteiger charge is 2.36. The second kappa shape index (κ2) is 8.16. The van der Waals surface area contributed by atoms with Crippen molar-refractivity contribution >= 4 is 23.0 Å². The van der Waals surface area contributed by atoms with Crippen LogP contribution in [0.4, 0.5) is 11.6 Å². The lowest BCUT2D eigenvalue weighted by Crippen LogP contribution is -2.46. The summed E-state index contributed by atoms with van der Waals surface area (Å²) in [6, 6.07) is 3.37. The van der Waals surface area contributed by atoms with Gasteiger partial charge in [-0.05, 0) is 25.7 Å². The fourth-order valence-corrected chi connectivity index (χ4v) is 5.54. The zero-order valence-corrected chi connectivity index (χ0v) is 18.2. The van der Waals surface area contributed by atoms with Gasteiger partial charge in [-0.25, -0.2) is 15.0 Å². The van der Waals surface area contributed by atoms with Gasteiger partial charge in [0.1, 0.15) is 23.0 Å². The third-order valence-corrected chi connectivity index (χ3v) is 7.21. The molecule has 0 bridgehead atoms. The van der Waals surface area contributed by atoms with Gasteiger partial charge >= 0.3 is 0 Å². The predicted molar refractivity (Wildman–Crippen MR) is 116 cm³/mol. The number of likely N-dealkylation sites (tertiary alicyclic amines) is 1. The first-order chi connectivity index (χ1) is 14.2. The first kappa shape index (κ1) is 19.2. The Morgan fingerprint density at radius 2 is 1.86 bits per heavy atom. The highest BCUT2D eigenvalue weighted by molar-refractivity contribution is 7.11. The molecule has 5 rings (SSSR count). The number of hydrogen-bond acceptors (Lipinski definition) is 8. The van der Waals surface area contributed by atoms with Crippen molar-refractivity contribution in [1.29, 1.82) is 0 Å². The van der Waals surface area contributed by atoms with Crippen LogP contribution in [0.25, 0.3) is 0 Å². The Labute approximate surface area is 176 Å². The molecule has 0 aromatic carbocycles. The van der Waals surface area contributed by atoms with E-state index in [1.165, 1.54) is 41.3 Å². The highest BCUT2D eigenvalue weighted by Crippen LogP contribution is 2.36. The van der Waals surface area contributed by atoms with Gasteiger partial charge in [0.05, 0.1) is 30.3 Å². The topological polar surface area (TPSA) is 57.6 Å². The number of anilines is 2. The van der Waals surface area contributed by atoms with E-state index in [0.29, 0.717) is 12.1 Å². The lowest BCUT2D eigenvalue weighted by molar-refractivity contribution is 0.112. The van der Waals surface area contributed by atoms with Crippen LogP contribution in [0.1, 0.15) is 41.3 Å². The standard InChI is InChI=1S/C21H30N6OS/c1-25(2)19-11-20(23-14-22-19)27(15-3-4-15)16-5-8-26(9-6-16)12-21-24-17-7-10-28-13-18(17)29-21/h11,14-16H,3-10,12-13H2,1-2H3. The zero-order valence-electron chi connectivity index (χ0n) is 17.4. The summed E-state index contributed by atoms with van der Waals surface area (Å²) >= 11 is 1.84. The molecule has 0 N–H and O–H groups in total. The maximum atomic E-state index is 5.57. The van der Waals surface area contributed by atoms with Gasteiger partial charge in [-0.1, -0.05) is 0 Å². The molecule has 1 aliphatic carbocycles. The van der Waals surface area contributed by atoms with Gasteiger partial charge in [0.2, 0.25) is 0 Å². The SMILES string of the molecule is CN(C)c1cc(N(C2CC2)C2CCN(Cc3nc4c(s3)COCC4)CC2)ncn1. The summed E-state index contributed by atoms with van der Waals surface area (Å²) < 4.78 is 5.57. The Hall–Kier alpha value is -1.77. The molecule has 156 valence electrons. The molecule has 0 unspecified atom stereocenters. The summed E-state index contributed by atoms with van der Waals surface area (Å²) in [5.41, 5.74) is 1.27. The maximum absolute atomic E-state index is 5.57. The van der Waals surface area contributed by atoms with Crippen molar-refractivity contribution in [2.24, 2.45) is 0 Å². The first-order valence-electron chi connectivity index (χ1n) is 10.7. The minimum Gasteiger partial charge on any atom is -0.375 e. The minimum atomic E-state index is 0.571. The van der Waals surface area contributed by atoms with E-state index < -0.39 is 0 Å². The molecule has 8 heteroatoms. The van der Waals surface area contributed by atoms with E-state index in [2.05, 4.69) is 30.7 Å². The average Bonchev–Trinajstić information content (AvgIpc) is 3.48. The van der Waals surface area contributed by atoms with E-state index in [9.17, 15) is 0 Å². The summed E-state index contributed by atoms with van der Waals surface area (Å²) in [6.45, 7) is 4.79. The third-order valence-electron chi connectivity index (χ3n) is 6.15. The first-order valence-corrected chi connectivity index (χ1v) is 11.5. The molecular weight excluding hydrogens is 384 g/mol. The predicted octanol–water partition coefficient (Wildman–Crippen LogP) is 2.71. The van der Waals surface area contributed by atoms with Gasteiger partial charge in [0.25, 0.3) is 0 Å². The van der Waals surface area contributed by atoms with Crippen molar-refractivity contribution in [3.8, 4) is 0 Å². The summed E-state index contributed by atoms with van der Waals surface area (Å²) in [5.74, 6) is 2.08. The van der Waals surface area contributed by atoms with Crippen LogP contribution in [0.3, 0.4) is 0 Å². The molecular formula is C21H30N6OS. The van der Waals surface area contributed by atoms with E-state index in [1.54, 1.807) is 6.33 Å². The Morgan fingerprint density at radius 3 is 2.59 bits per heavy atom. The normalized spacial score (nSPS) is 20.5. The molecule has 1 saturated heterocycles. The lowest BCUT2D eigenvalue weighted by Gasteiger charge is -2.39. The second-order valence-corrected chi connectivity index (χ2v) is 9.72. The number of rotatable bonds is 6. The number of fused-ring (bicyclic) bond motifs is 1. The summed E-state index contributed by atoms with van der Waals surface area (Å²) in [7, 11) is 4.07. The van der Waals surface area contributed by atoms with Gasteiger partial charge in [-0.15, -0.1) is 11.3 Å². The summed E-state index contributed by atoms with van der Waals surface area (Å²) in [4.78, 5) is 22.5. The van der Waals surface area contributed by atoms with Gasteiger partial charge in [-0.3, -0.25) is 4.90 Å². The van der Waals surface area contributed by atoms with Crippen molar-refractivity contribution in [3.05, 3.63) is 28.0 Å². The van der Waals surface area contributed by atoms with E-state index >= 15 is 0 Å². The number of hydrogen-bond donors (Lipinski definition) is 0. The van der Waals surface area contributed by atoms with Crippen LogP contribution < -0.4 is 9.80 Å². The Morgan fingerprint density at radius 1 is 1.10 bits per heavy atom. The van der Waals surface area contributed by atoms with E-state index in [0.717, 1.165) is 50.9 Å². The number of nitrogens with zero attached hydrogens (tertiary/aromatic N) is 6. The van der Waals surface area contributed by atoms with Crippen LogP contribution in [0, 0.1) is 0 Å². The molecule has 2 aliphatic heterocycles. The number of thiazole rings is 1. The van der Waals surface area contributed by atoms with Gasteiger partial charge in [-0.2, -0.15) is 0 Å². The molecule has 0 radical (unpaired) electrons. The van der Waals surface area contributed by atoms with E-state index in [4.69, 9.17) is 9.72 Å². The van der Waals surface area contributed by atoms with Gasteiger partial charge in [0.15, 0.2) is 0 Å². The number of piperidine rings is 1. The smallest absolute Gasteiger partial charge is 0.134 e. The molecule has 7 nitrogen and oxygen atoms in total. The lowest BCUT2D eigenvalue weighted by atomic mass is 10.0. The third kappa shape index (κ3) is 4.25. The second-order valence-electron chi connectivity index (χ2n) is 8.55. The Kier molecular flexibility index (Phi) is 5.41. The van der Waals surface area contributed by atoms with Crippen LogP contribution in [-0.4, -0.2) is 65.7 Å². The number of aromatic nitrogens is 3. The number of ether oxygens (including phenoxy) is 1. The van der Waals surface area contributed by atoms with Crippen LogP contribution in [0.15, 0.2) is 12.4 Å². The quantitative estimate of drug-likeness (QED) is 0.720. The van der Waals surface area contributed by atoms with E-state index in [1.807, 2.05) is 25.4 Å². The van der Waals surface area contributed by atoms with Crippen molar-refractivity contribution in [3.63, 3.8) is 0 Å².